The molecule has 0 aliphatic rings. The molecule has 0 saturated heterocycles. The molecule has 0 amide bonds. The molecule has 33 heavy (non-hydrogen) atoms. The highest BCUT2D eigenvalue weighted by Gasteiger charge is 2.24. The smallest absolute Gasteiger partial charge is 0.152 e. The van der Waals surface area contributed by atoms with E-state index in [1.807, 2.05) is 23.7 Å². The van der Waals surface area contributed by atoms with Crippen LogP contribution in [0, 0.1) is 0 Å². The average molecular weight is 465 g/mol. The highest BCUT2D eigenvalue weighted by Crippen LogP contribution is 2.44. The van der Waals surface area contributed by atoms with E-state index in [9.17, 15) is 0 Å². The largest absolute Gasteiger partial charge is 0.495 e. The second-order valence-electron chi connectivity index (χ2n) is 8.06. The van der Waals surface area contributed by atoms with Crippen LogP contribution in [0.3, 0.4) is 0 Å². The first-order valence-electron chi connectivity index (χ1n) is 11.3. The topological polar surface area (TPSA) is 89.5 Å². The highest BCUT2D eigenvalue weighted by molar-refractivity contribution is 7.22. The van der Waals surface area contributed by atoms with Crippen LogP contribution in [-0.2, 0) is 13.0 Å². The molecule has 8 heteroatoms. The molecular formula is C25H32N6OS. The fourth-order valence-electron chi connectivity index (χ4n) is 4.42. The van der Waals surface area contributed by atoms with Gasteiger partial charge < -0.3 is 21.1 Å². The fourth-order valence-corrected chi connectivity index (χ4v) is 5.64. The van der Waals surface area contributed by atoms with Gasteiger partial charge in [-0.25, -0.2) is 9.50 Å². The number of thiophene rings is 1. The molecular weight excluding hydrogens is 432 g/mol. The van der Waals surface area contributed by atoms with Crippen LogP contribution in [0.15, 0.2) is 42.9 Å². The molecule has 3 aromatic heterocycles. The van der Waals surface area contributed by atoms with E-state index in [0.29, 0.717) is 12.4 Å². The summed E-state index contributed by atoms with van der Waals surface area (Å²) in [6.07, 6.45) is 4.40. The zero-order valence-corrected chi connectivity index (χ0v) is 20.6. The molecule has 0 fully saturated rings. The van der Waals surface area contributed by atoms with Gasteiger partial charge >= 0.3 is 0 Å². The minimum Gasteiger partial charge on any atom is -0.495 e. The van der Waals surface area contributed by atoms with Gasteiger partial charge in [-0.1, -0.05) is 39.0 Å². The van der Waals surface area contributed by atoms with Crippen molar-refractivity contribution in [3.05, 3.63) is 54.1 Å². The number of fused-ring (bicyclic) bond motifs is 2. The maximum absolute atomic E-state index is 6.44. The van der Waals surface area contributed by atoms with Gasteiger partial charge in [-0.2, -0.15) is 5.10 Å². The lowest BCUT2D eigenvalue weighted by Gasteiger charge is -2.19. The number of aromatic nitrogens is 3. The number of hydrogen-bond donors (Lipinski definition) is 3. The van der Waals surface area contributed by atoms with E-state index >= 15 is 0 Å². The molecule has 0 aliphatic heterocycles. The molecule has 0 radical (unpaired) electrons. The van der Waals surface area contributed by atoms with Crippen LogP contribution in [-0.4, -0.2) is 34.8 Å². The van der Waals surface area contributed by atoms with E-state index in [-0.39, 0.29) is 6.04 Å². The Morgan fingerprint density at radius 3 is 2.85 bits per heavy atom. The van der Waals surface area contributed by atoms with Crippen LogP contribution in [0.25, 0.3) is 26.0 Å². The molecule has 1 aromatic carbocycles. The average Bonchev–Trinajstić information content (AvgIpc) is 3.39. The van der Waals surface area contributed by atoms with Crippen molar-refractivity contribution in [2.75, 3.05) is 19.9 Å². The minimum atomic E-state index is 0.159. The lowest BCUT2D eigenvalue weighted by Crippen LogP contribution is -2.34. The lowest BCUT2D eigenvalue weighted by atomic mass is 10.0. The number of likely N-dealkylation sites (N-methyl/N-ethyl adjacent to an activating group) is 1. The van der Waals surface area contributed by atoms with Gasteiger partial charge in [0.05, 0.1) is 17.5 Å². The Hall–Kier alpha value is -3.10. The summed E-state index contributed by atoms with van der Waals surface area (Å²) in [5.41, 5.74) is 11.8. The van der Waals surface area contributed by atoms with Crippen LogP contribution < -0.4 is 21.1 Å². The first-order valence-corrected chi connectivity index (χ1v) is 12.1. The zero-order valence-electron chi connectivity index (χ0n) is 19.7. The summed E-state index contributed by atoms with van der Waals surface area (Å²) in [6, 6.07) is 8.52. The third-order valence-corrected chi connectivity index (χ3v) is 7.28. The highest BCUT2D eigenvalue weighted by atomic mass is 32.1. The summed E-state index contributed by atoms with van der Waals surface area (Å²) in [7, 11) is 3.62. The number of nitrogen functional groups attached to an aromatic ring is 1. The summed E-state index contributed by atoms with van der Waals surface area (Å²) >= 11 is 1.72. The van der Waals surface area contributed by atoms with E-state index in [0.717, 1.165) is 62.4 Å². The van der Waals surface area contributed by atoms with E-state index in [1.54, 1.807) is 18.4 Å². The standard InChI is InChI=1S/C25H32N6OS/c1-6-9-17-19(13-28-18(7-2)15(3)27-4)31-23(25(26)29-14-30-31)22(17)21-12-16-10-8-11-20(32-5)24(16)33-21/h8,10-12,14,18,27-28H,3,6-7,9,13H2,1-2,4-5H3,(H2,26,29,30). The number of ether oxygens (including phenoxy) is 1. The predicted octanol–water partition coefficient (Wildman–Crippen LogP) is 4.76. The molecule has 174 valence electrons. The van der Waals surface area contributed by atoms with Gasteiger partial charge in [0.15, 0.2) is 5.82 Å². The maximum atomic E-state index is 6.44. The first-order chi connectivity index (χ1) is 16.0. The summed E-state index contributed by atoms with van der Waals surface area (Å²) in [4.78, 5) is 5.48. The van der Waals surface area contributed by atoms with Crippen molar-refractivity contribution in [3.8, 4) is 16.2 Å². The van der Waals surface area contributed by atoms with Crippen molar-refractivity contribution >= 4 is 32.8 Å². The number of nitrogens with two attached hydrogens (primary N) is 1. The van der Waals surface area contributed by atoms with Gasteiger partial charge in [-0.15, -0.1) is 11.3 Å². The van der Waals surface area contributed by atoms with E-state index < -0.39 is 0 Å². The molecule has 3 heterocycles. The van der Waals surface area contributed by atoms with Gasteiger partial charge in [-0.05, 0) is 35.9 Å². The Labute approximate surface area is 198 Å². The molecule has 0 aliphatic carbocycles. The van der Waals surface area contributed by atoms with Crippen molar-refractivity contribution in [3.63, 3.8) is 0 Å². The molecule has 1 atom stereocenters. The van der Waals surface area contributed by atoms with Crippen molar-refractivity contribution in [2.24, 2.45) is 0 Å². The maximum Gasteiger partial charge on any atom is 0.152 e. The molecule has 0 bridgehead atoms. The third kappa shape index (κ3) is 4.16. The number of nitrogens with zero attached hydrogens (tertiary/aromatic N) is 3. The summed E-state index contributed by atoms with van der Waals surface area (Å²) in [5.74, 6) is 1.37. The number of rotatable bonds is 10. The second-order valence-corrected chi connectivity index (χ2v) is 9.11. The van der Waals surface area contributed by atoms with Crippen LogP contribution >= 0.6 is 11.3 Å². The third-order valence-electron chi connectivity index (χ3n) is 6.10. The van der Waals surface area contributed by atoms with Crippen molar-refractivity contribution in [2.45, 2.75) is 45.7 Å². The molecule has 7 nitrogen and oxygen atoms in total. The Kier molecular flexibility index (Phi) is 6.85. The predicted molar refractivity (Wildman–Crippen MR) is 138 cm³/mol. The molecule has 0 saturated carbocycles. The number of hydrogen-bond acceptors (Lipinski definition) is 7. The number of methoxy groups -OCH3 is 1. The first kappa shape index (κ1) is 23.1. The fraction of sp³-hybridized carbons (Fsp3) is 0.360. The second kappa shape index (κ2) is 9.80. The van der Waals surface area contributed by atoms with Gasteiger partial charge in [0.2, 0.25) is 0 Å². The molecule has 0 spiro atoms. The number of nitrogens with one attached hydrogen (secondary N) is 2. The Morgan fingerprint density at radius 1 is 1.33 bits per heavy atom. The van der Waals surface area contributed by atoms with Gasteiger partial charge in [-0.3, -0.25) is 0 Å². The lowest BCUT2D eigenvalue weighted by molar-refractivity contribution is 0.420. The van der Waals surface area contributed by atoms with E-state index in [1.165, 1.54) is 11.9 Å². The molecule has 4 aromatic rings. The SMILES string of the molecule is C=C(NC)C(CC)NCc1c(CCC)c(-c2cc3cccc(OC)c3s2)c2c(N)ncnn12. The molecule has 4 N–H and O–H groups in total. The van der Waals surface area contributed by atoms with Crippen molar-refractivity contribution < 1.29 is 4.74 Å². The van der Waals surface area contributed by atoms with Crippen molar-refractivity contribution in [1.29, 1.82) is 0 Å². The van der Waals surface area contributed by atoms with E-state index in [4.69, 9.17) is 10.5 Å². The van der Waals surface area contributed by atoms with E-state index in [2.05, 4.69) is 53.3 Å². The van der Waals surface area contributed by atoms with Crippen LogP contribution in [0.2, 0.25) is 0 Å². The number of anilines is 1. The summed E-state index contributed by atoms with van der Waals surface area (Å²) in [5, 5.41) is 12.6. The van der Waals surface area contributed by atoms with Crippen LogP contribution in [0.1, 0.15) is 37.9 Å². The normalized spacial score (nSPS) is 12.4. The van der Waals surface area contributed by atoms with Gasteiger partial charge in [0.1, 0.15) is 17.6 Å². The molecule has 1 unspecified atom stereocenters. The Bertz CT molecular complexity index is 1290. The summed E-state index contributed by atoms with van der Waals surface area (Å²) < 4.78 is 8.71. The molecule has 4 rings (SSSR count). The quantitative estimate of drug-likeness (QED) is 0.314. The van der Waals surface area contributed by atoms with Crippen LogP contribution in [0.5, 0.6) is 5.75 Å². The summed E-state index contributed by atoms with van der Waals surface area (Å²) in [6.45, 7) is 9.15. The zero-order chi connectivity index (χ0) is 23.5. The number of benzene rings is 1. The Balaban J connectivity index is 1.91. The minimum absolute atomic E-state index is 0.159. The monoisotopic (exact) mass is 464 g/mol. The van der Waals surface area contributed by atoms with Gasteiger partial charge in [0.25, 0.3) is 0 Å². The van der Waals surface area contributed by atoms with Crippen LogP contribution in [0.4, 0.5) is 5.82 Å². The Morgan fingerprint density at radius 2 is 2.15 bits per heavy atom. The van der Waals surface area contributed by atoms with Crippen molar-refractivity contribution in [1.82, 2.24) is 25.2 Å². The van der Waals surface area contributed by atoms with Gasteiger partial charge in [0, 0.05) is 35.8 Å².